The van der Waals surface area contributed by atoms with E-state index in [1.165, 1.54) is 77.0 Å². The molecule has 0 aromatic heterocycles. The highest BCUT2D eigenvalue weighted by Gasteiger charge is 2.17. The van der Waals surface area contributed by atoms with Crippen molar-refractivity contribution >= 4 is 17.9 Å². The van der Waals surface area contributed by atoms with Crippen LogP contribution in [0.3, 0.4) is 0 Å². The molecule has 5 heteroatoms. The van der Waals surface area contributed by atoms with E-state index in [1.54, 1.807) is 0 Å². The van der Waals surface area contributed by atoms with E-state index in [2.05, 4.69) is 11.7 Å². The van der Waals surface area contributed by atoms with Gasteiger partial charge in [-0.05, 0) is 6.42 Å². The van der Waals surface area contributed by atoms with E-state index < -0.39 is 17.9 Å². The van der Waals surface area contributed by atoms with E-state index in [-0.39, 0.29) is 6.42 Å². The van der Waals surface area contributed by atoms with Crippen LogP contribution in [0.1, 0.15) is 110 Å². The summed E-state index contributed by atoms with van der Waals surface area (Å²) in [5.74, 6) is -3.97. The lowest BCUT2D eigenvalue weighted by Crippen LogP contribution is -2.20. The number of carboxylic acids is 1. The predicted molar refractivity (Wildman–Crippen MR) is 98.3 cm³/mol. The molecule has 0 aliphatic heterocycles. The van der Waals surface area contributed by atoms with Gasteiger partial charge in [0.25, 0.3) is 0 Å². The molecule has 146 valence electrons. The second-order valence-electron chi connectivity index (χ2n) is 6.77. The Balaban J connectivity index is 3.20. The van der Waals surface area contributed by atoms with Crippen molar-refractivity contribution < 1.29 is 24.2 Å². The number of ether oxygens (including phenoxy) is 1. The molecule has 0 atom stereocenters. The van der Waals surface area contributed by atoms with Crippen LogP contribution in [0.15, 0.2) is 0 Å². The quantitative estimate of drug-likeness (QED) is 0.173. The molecular weight excluding hydrogens is 320 g/mol. The molecule has 0 saturated heterocycles. The first-order chi connectivity index (χ1) is 12.1. The van der Waals surface area contributed by atoms with Crippen molar-refractivity contribution in [3.8, 4) is 0 Å². The van der Waals surface area contributed by atoms with Gasteiger partial charge in [0.1, 0.15) is 0 Å². The third kappa shape index (κ3) is 17.2. The Hall–Kier alpha value is -1.39. The maximum absolute atomic E-state index is 11.2. The zero-order valence-electron chi connectivity index (χ0n) is 15.9. The summed E-state index contributed by atoms with van der Waals surface area (Å²) >= 11 is 0. The van der Waals surface area contributed by atoms with Gasteiger partial charge < -0.3 is 9.84 Å². The second kappa shape index (κ2) is 17.4. The molecule has 0 spiro atoms. The third-order valence-electron chi connectivity index (χ3n) is 4.37. The number of unbranched alkanes of at least 4 members (excludes halogenated alkanes) is 14. The normalized spacial score (nSPS) is 10.6. The van der Waals surface area contributed by atoms with E-state index in [0.717, 1.165) is 12.8 Å². The Bertz CT molecular complexity index is 365. The summed E-state index contributed by atoms with van der Waals surface area (Å²) in [6.45, 7) is 2.25. The first-order valence-electron chi connectivity index (χ1n) is 10.1. The van der Waals surface area contributed by atoms with Crippen LogP contribution < -0.4 is 0 Å². The smallest absolute Gasteiger partial charge is 0.424 e. The molecule has 25 heavy (non-hydrogen) atoms. The van der Waals surface area contributed by atoms with E-state index in [0.29, 0.717) is 6.42 Å². The maximum Gasteiger partial charge on any atom is 0.424 e. The molecule has 5 nitrogen and oxygen atoms in total. The van der Waals surface area contributed by atoms with Gasteiger partial charge in [-0.1, -0.05) is 96.8 Å². The van der Waals surface area contributed by atoms with Crippen LogP contribution >= 0.6 is 0 Å². The molecule has 0 amide bonds. The van der Waals surface area contributed by atoms with Crippen molar-refractivity contribution in [2.75, 3.05) is 0 Å². The molecule has 0 rings (SSSR count). The summed E-state index contributed by atoms with van der Waals surface area (Å²) in [6, 6.07) is 0. The summed E-state index contributed by atoms with van der Waals surface area (Å²) < 4.78 is 4.15. The van der Waals surface area contributed by atoms with Gasteiger partial charge in [0.2, 0.25) is 0 Å². The fourth-order valence-electron chi connectivity index (χ4n) is 2.84. The average molecular weight is 357 g/mol. The molecule has 0 aromatic carbocycles. The van der Waals surface area contributed by atoms with E-state index >= 15 is 0 Å². The van der Waals surface area contributed by atoms with Crippen molar-refractivity contribution in [3.63, 3.8) is 0 Å². The monoisotopic (exact) mass is 356 g/mol. The fraction of sp³-hybridized carbons (Fsp3) is 0.850. The van der Waals surface area contributed by atoms with Crippen molar-refractivity contribution in [3.05, 3.63) is 0 Å². The minimum atomic E-state index is -1.73. The van der Waals surface area contributed by atoms with Crippen LogP contribution in [-0.2, 0) is 19.1 Å². The lowest BCUT2D eigenvalue weighted by Gasteiger charge is -2.03. The number of carboxylic acid groups (broad SMARTS) is 1. The Morgan fingerprint density at radius 1 is 0.640 bits per heavy atom. The molecule has 0 aromatic rings. The number of hydrogen-bond acceptors (Lipinski definition) is 4. The lowest BCUT2D eigenvalue weighted by molar-refractivity contribution is -0.170. The summed E-state index contributed by atoms with van der Waals surface area (Å²) in [7, 11) is 0. The van der Waals surface area contributed by atoms with Crippen molar-refractivity contribution in [2.24, 2.45) is 0 Å². The van der Waals surface area contributed by atoms with E-state index in [1.807, 2.05) is 0 Å². The SMILES string of the molecule is CCCCCCCCCCCCCCCCCC(=O)OC(=O)C(=O)O. The summed E-state index contributed by atoms with van der Waals surface area (Å²) in [6.07, 6.45) is 18.7. The molecule has 0 unspecified atom stereocenters. The first-order valence-corrected chi connectivity index (χ1v) is 10.1. The Morgan fingerprint density at radius 3 is 1.36 bits per heavy atom. The van der Waals surface area contributed by atoms with Crippen LogP contribution in [-0.4, -0.2) is 23.0 Å². The summed E-state index contributed by atoms with van der Waals surface area (Å²) in [5, 5.41) is 8.31. The van der Waals surface area contributed by atoms with Gasteiger partial charge in [-0.2, -0.15) is 0 Å². The second-order valence-corrected chi connectivity index (χ2v) is 6.77. The average Bonchev–Trinajstić information content (AvgIpc) is 2.58. The number of carbonyl (C=O) groups excluding carboxylic acids is 2. The highest BCUT2D eigenvalue weighted by atomic mass is 16.6. The van der Waals surface area contributed by atoms with Gasteiger partial charge in [-0.25, -0.2) is 9.59 Å². The first kappa shape index (κ1) is 23.6. The zero-order chi connectivity index (χ0) is 18.8. The van der Waals surface area contributed by atoms with E-state index in [4.69, 9.17) is 5.11 Å². The number of aliphatic carboxylic acids is 1. The molecule has 0 heterocycles. The minimum Gasteiger partial charge on any atom is -0.473 e. The molecule has 1 N–H and O–H groups in total. The van der Waals surface area contributed by atoms with Gasteiger partial charge in [-0.15, -0.1) is 0 Å². The Kier molecular flexibility index (Phi) is 16.5. The summed E-state index contributed by atoms with van der Waals surface area (Å²) in [4.78, 5) is 32.1. The minimum absolute atomic E-state index is 0.108. The van der Waals surface area contributed by atoms with Crippen LogP contribution in [0.25, 0.3) is 0 Å². The summed E-state index contributed by atoms with van der Waals surface area (Å²) in [5.41, 5.74) is 0. The third-order valence-corrected chi connectivity index (χ3v) is 4.37. The zero-order valence-corrected chi connectivity index (χ0v) is 15.9. The predicted octanol–water partition coefficient (Wildman–Crippen LogP) is 5.40. The van der Waals surface area contributed by atoms with Gasteiger partial charge in [0, 0.05) is 6.42 Å². The van der Waals surface area contributed by atoms with Gasteiger partial charge in [0.15, 0.2) is 0 Å². The van der Waals surface area contributed by atoms with Crippen molar-refractivity contribution in [2.45, 2.75) is 110 Å². The molecule has 0 fully saturated rings. The van der Waals surface area contributed by atoms with Crippen molar-refractivity contribution in [1.29, 1.82) is 0 Å². The lowest BCUT2D eigenvalue weighted by atomic mass is 10.0. The maximum atomic E-state index is 11.2. The standard InChI is InChI=1S/C20H36O5/c1-2-3-4-5-6-7-8-9-10-11-12-13-14-15-16-17-18(21)25-20(24)19(22)23/h2-17H2,1H3,(H,22,23). The molecule has 0 aliphatic carbocycles. The topological polar surface area (TPSA) is 80.7 Å². The van der Waals surface area contributed by atoms with E-state index in [9.17, 15) is 14.4 Å². The Labute approximate surface area is 152 Å². The fourth-order valence-corrected chi connectivity index (χ4v) is 2.84. The molecule has 0 aliphatic rings. The van der Waals surface area contributed by atoms with Gasteiger partial charge >= 0.3 is 17.9 Å². The van der Waals surface area contributed by atoms with Crippen LogP contribution in [0.4, 0.5) is 0 Å². The van der Waals surface area contributed by atoms with Gasteiger partial charge in [-0.3, -0.25) is 4.79 Å². The molecule has 0 radical (unpaired) electrons. The Morgan fingerprint density at radius 2 is 1.00 bits per heavy atom. The highest BCUT2D eigenvalue weighted by Crippen LogP contribution is 2.13. The number of rotatable bonds is 16. The molecular formula is C20H36O5. The van der Waals surface area contributed by atoms with Crippen LogP contribution in [0.5, 0.6) is 0 Å². The highest BCUT2D eigenvalue weighted by molar-refractivity contribution is 6.30. The molecule has 0 saturated carbocycles. The number of hydrogen-bond donors (Lipinski definition) is 1. The van der Waals surface area contributed by atoms with Gasteiger partial charge in [0.05, 0.1) is 0 Å². The van der Waals surface area contributed by atoms with Crippen LogP contribution in [0, 0.1) is 0 Å². The largest absolute Gasteiger partial charge is 0.473 e. The van der Waals surface area contributed by atoms with Crippen molar-refractivity contribution in [1.82, 2.24) is 0 Å². The van der Waals surface area contributed by atoms with Crippen LogP contribution in [0.2, 0.25) is 0 Å². The number of esters is 2. The number of carbonyl (C=O) groups is 3. The molecule has 0 bridgehead atoms.